The lowest BCUT2D eigenvalue weighted by molar-refractivity contribution is 0.847. The Morgan fingerprint density at radius 2 is 1.11 bits per heavy atom. The van der Waals surface area contributed by atoms with Crippen LogP contribution < -0.4 is 0 Å². The number of aryl methyl sites for hydroxylation is 1. The Labute approximate surface area is 334 Å². The Bertz CT molecular complexity index is 3260. The van der Waals surface area contributed by atoms with Gasteiger partial charge >= 0.3 is 0 Å². The quantitative estimate of drug-likeness (QED) is 0.168. The van der Waals surface area contributed by atoms with Gasteiger partial charge in [-0.15, -0.1) is 22.7 Å². The summed E-state index contributed by atoms with van der Waals surface area (Å²) in [6, 6.07) is 59.4. The monoisotopic (exact) mass is 748 g/mol. The third-order valence-electron chi connectivity index (χ3n) is 12.3. The smallest absolute Gasteiger partial charge is 0.0540 e. The highest BCUT2D eigenvalue weighted by Gasteiger charge is 2.26. The van der Waals surface area contributed by atoms with Crippen molar-refractivity contribution in [2.75, 3.05) is 0 Å². The number of benzene rings is 8. The molecule has 2 aromatic heterocycles. The lowest BCUT2D eigenvalue weighted by atomic mass is 9.77. The van der Waals surface area contributed by atoms with Gasteiger partial charge in [-0.05, 0) is 116 Å². The van der Waals surface area contributed by atoms with Crippen molar-refractivity contribution in [1.29, 1.82) is 0 Å². The van der Waals surface area contributed by atoms with Gasteiger partial charge in [-0.25, -0.2) is 0 Å². The second-order valence-corrected chi connectivity index (χ2v) is 17.6. The molecule has 0 aliphatic heterocycles. The Morgan fingerprint density at radius 1 is 0.464 bits per heavy atom. The van der Waals surface area contributed by atoms with Gasteiger partial charge in [0.25, 0.3) is 0 Å². The van der Waals surface area contributed by atoms with Crippen LogP contribution in [-0.4, -0.2) is 0 Å². The van der Waals surface area contributed by atoms with E-state index in [0.29, 0.717) is 5.92 Å². The average Bonchev–Trinajstić information content (AvgIpc) is 3.85. The average molecular weight is 749 g/mol. The van der Waals surface area contributed by atoms with Gasteiger partial charge in [0.05, 0.1) is 9.40 Å². The predicted molar refractivity (Wildman–Crippen MR) is 245 cm³/mol. The van der Waals surface area contributed by atoms with E-state index in [4.69, 9.17) is 0 Å². The molecule has 0 fully saturated rings. The Balaban J connectivity index is 1.05. The van der Waals surface area contributed by atoms with Crippen molar-refractivity contribution in [2.45, 2.75) is 25.2 Å². The van der Waals surface area contributed by atoms with Crippen LogP contribution in [0.3, 0.4) is 0 Å². The molecule has 0 nitrogen and oxygen atoms in total. The lowest BCUT2D eigenvalue weighted by Crippen LogP contribution is -2.11. The van der Waals surface area contributed by atoms with E-state index in [0.717, 1.165) is 19.3 Å². The molecular weight excluding hydrogens is 713 g/mol. The molecule has 2 heteroatoms. The van der Waals surface area contributed by atoms with E-state index in [9.17, 15) is 0 Å². The molecule has 0 bridgehead atoms. The van der Waals surface area contributed by atoms with Gasteiger partial charge in [0.15, 0.2) is 0 Å². The first-order chi connectivity index (χ1) is 27.7. The zero-order chi connectivity index (χ0) is 36.7. The zero-order valence-electron chi connectivity index (χ0n) is 30.8. The van der Waals surface area contributed by atoms with Crippen molar-refractivity contribution >= 4 is 91.5 Å². The van der Waals surface area contributed by atoms with Gasteiger partial charge < -0.3 is 0 Å². The highest BCUT2D eigenvalue weighted by atomic mass is 32.1. The van der Waals surface area contributed by atoms with Crippen molar-refractivity contribution in [3.8, 4) is 22.3 Å². The minimum Gasteiger partial charge on any atom is -0.134 e. The van der Waals surface area contributed by atoms with Crippen LogP contribution >= 0.6 is 22.7 Å². The molecule has 2 aliphatic rings. The van der Waals surface area contributed by atoms with Crippen LogP contribution in [0, 0.1) is 0 Å². The molecule has 0 amide bonds. The summed E-state index contributed by atoms with van der Waals surface area (Å²) in [6.07, 6.45) is 10.3. The molecule has 0 saturated heterocycles. The summed E-state index contributed by atoms with van der Waals surface area (Å²) in [6.45, 7) is 0. The summed E-state index contributed by atoms with van der Waals surface area (Å²) in [5.41, 5.74) is 14.8. The minimum atomic E-state index is 0.293. The van der Waals surface area contributed by atoms with Crippen LogP contribution in [-0.2, 0) is 12.8 Å². The molecule has 2 heterocycles. The standard InChI is InChI=1S/C54H36S2/c1-3-13-33(14-4-1)45-27-35-17-7-9-19-37(35)29-47(45)39-23-25-43-49(31-39)55-53-51(43)41-21-11-12-22-42(41)52-44-26-24-40(32-50(44)56-54(52)53)48-30-38-20-10-8-18-36(38)28-46(48)34-15-5-2-6-16-34/h1-7,9-17,19-28,30-32,47H,8,18,29H2. The lowest BCUT2D eigenvalue weighted by Gasteiger charge is -2.27. The summed E-state index contributed by atoms with van der Waals surface area (Å²) >= 11 is 3.95. The zero-order valence-corrected chi connectivity index (χ0v) is 32.4. The molecule has 0 radical (unpaired) electrons. The van der Waals surface area contributed by atoms with E-state index in [1.165, 1.54) is 112 Å². The van der Waals surface area contributed by atoms with Gasteiger partial charge in [0.1, 0.15) is 0 Å². The highest BCUT2D eigenvalue weighted by Crippen LogP contribution is 2.51. The number of allylic oxidation sites excluding steroid dienone is 2. The summed E-state index contributed by atoms with van der Waals surface area (Å²) in [5.74, 6) is 0.293. The fourth-order valence-electron chi connectivity index (χ4n) is 9.62. The molecule has 0 spiro atoms. The van der Waals surface area contributed by atoms with Crippen LogP contribution in [0.4, 0.5) is 0 Å². The van der Waals surface area contributed by atoms with Crippen molar-refractivity contribution in [2.24, 2.45) is 0 Å². The molecule has 10 aromatic rings. The first kappa shape index (κ1) is 32.2. The minimum absolute atomic E-state index is 0.293. The summed E-state index contributed by atoms with van der Waals surface area (Å²) < 4.78 is 5.53. The number of hydrogen-bond donors (Lipinski definition) is 0. The number of hydrogen-bond acceptors (Lipinski definition) is 2. The van der Waals surface area contributed by atoms with Gasteiger partial charge in [0.2, 0.25) is 0 Å². The molecule has 0 N–H and O–H groups in total. The van der Waals surface area contributed by atoms with E-state index in [1.54, 1.807) is 0 Å². The molecule has 1 unspecified atom stereocenters. The first-order valence-electron chi connectivity index (χ1n) is 19.7. The second kappa shape index (κ2) is 12.7. The normalized spacial score (nSPS) is 15.1. The Hall–Kier alpha value is -6.06. The molecule has 8 aromatic carbocycles. The van der Waals surface area contributed by atoms with Crippen LogP contribution in [0.2, 0.25) is 0 Å². The Kier molecular flexibility index (Phi) is 7.33. The van der Waals surface area contributed by atoms with E-state index < -0.39 is 0 Å². The fourth-order valence-corrected chi connectivity index (χ4v) is 12.3. The topological polar surface area (TPSA) is 0 Å². The van der Waals surface area contributed by atoms with Crippen molar-refractivity contribution in [1.82, 2.24) is 0 Å². The van der Waals surface area contributed by atoms with Crippen molar-refractivity contribution in [3.63, 3.8) is 0 Å². The van der Waals surface area contributed by atoms with Crippen LogP contribution in [0.1, 0.15) is 45.7 Å². The number of fused-ring (bicyclic) bond motifs is 12. The maximum Gasteiger partial charge on any atom is 0.0540 e. The molecule has 264 valence electrons. The predicted octanol–water partition coefficient (Wildman–Crippen LogP) is 15.7. The van der Waals surface area contributed by atoms with E-state index >= 15 is 0 Å². The summed E-state index contributed by atoms with van der Waals surface area (Å²) in [5, 5.41) is 8.19. The van der Waals surface area contributed by atoms with Crippen molar-refractivity contribution in [3.05, 3.63) is 197 Å². The molecular formula is C54H36S2. The highest BCUT2D eigenvalue weighted by molar-refractivity contribution is 7.33. The third-order valence-corrected chi connectivity index (χ3v) is 14.8. The maximum atomic E-state index is 2.51. The SMILES string of the molecule is C1=Cc2cc(-c3ccc4c(c3)sc3c5sc6cc(C7Cc8ccccc8C=C7c7ccccc7)ccc6c5c5ccccc5c43)c(-c3ccccc3)cc2CC1. The van der Waals surface area contributed by atoms with Crippen LogP contribution in [0.5, 0.6) is 0 Å². The third kappa shape index (κ3) is 5.03. The number of rotatable bonds is 4. The van der Waals surface area contributed by atoms with Gasteiger partial charge in [-0.3, -0.25) is 0 Å². The largest absolute Gasteiger partial charge is 0.134 e. The molecule has 1 atom stereocenters. The first-order valence-corrected chi connectivity index (χ1v) is 21.4. The second-order valence-electron chi connectivity index (χ2n) is 15.4. The summed E-state index contributed by atoms with van der Waals surface area (Å²) in [4.78, 5) is 0. The van der Waals surface area contributed by atoms with Crippen molar-refractivity contribution < 1.29 is 0 Å². The molecule has 56 heavy (non-hydrogen) atoms. The molecule has 12 rings (SSSR count). The fraction of sp³-hybridized carbons (Fsp3) is 0.0741. The van der Waals surface area contributed by atoms with E-state index in [-0.39, 0.29) is 0 Å². The van der Waals surface area contributed by atoms with E-state index in [2.05, 4.69) is 176 Å². The summed E-state index contributed by atoms with van der Waals surface area (Å²) in [7, 11) is 0. The van der Waals surface area contributed by atoms with Gasteiger partial charge in [-0.1, -0.05) is 152 Å². The Morgan fingerprint density at radius 3 is 1.88 bits per heavy atom. The van der Waals surface area contributed by atoms with Crippen LogP contribution in [0.15, 0.2) is 164 Å². The number of thiophene rings is 2. The van der Waals surface area contributed by atoms with Gasteiger partial charge in [0, 0.05) is 36.9 Å². The van der Waals surface area contributed by atoms with Crippen LogP contribution in [0.25, 0.3) is 91.1 Å². The molecule has 2 aliphatic carbocycles. The maximum absolute atomic E-state index is 2.51. The molecule has 0 saturated carbocycles. The van der Waals surface area contributed by atoms with Gasteiger partial charge in [-0.2, -0.15) is 0 Å². The van der Waals surface area contributed by atoms with E-state index in [1.807, 2.05) is 22.7 Å².